The Balaban J connectivity index is 2.27. The Bertz CT molecular complexity index is 742. The van der Waals surface area contributed by atoms with Gasteiger partial charge in [-0.15, -0.1) is 0 Å². The first kappa shape index (κ1) is 15.9. The average molecular weight is 316 g/mol. The van der Waals surface area contributed by atoms with Crippen molar-refractivity contribution < 1.29 is 23.8 Å². The third-order valence-electron chi connectivity index (χ3n) is 4.86. The fraction of sp³-hybridized carbons (Fsp3) is 0.444. The molecule has 5 nitrogen and oxygen atoms in total. The first-order chi connectivity index (χ1) is 10.8. The van der Waals surface area contributed by atoms with Gasteiger partial charge in [-0.2, -0.15) is 0 Å². The standard InChI is InChI=1S/C18H20O5/c1-10-6-7-11(2)15-14(10)16(20)17(23-15)9-13(19)12(3)8-18(17,21-4)22-5/h6-8H,9H2,1-5H3. The number of carbonyl (C=O) groups excluding carboxylic acids is 2. The highest BCUT2D eigenvalue weighted by Gasteiger charge is 2.66. The maximum atomic E-state index is 13.3. The van der Waals surface area contributed by atoms with Crippen molar-refractivity contribution in [2.75, 3.05) is 14.2 Å². The van der Waals surface area contributed by atoms with Crippen molar-refractivity contribution in [3.63, 3.8) is 0 Å². The van der Waals surface area contributed by atoms with Gasteiger partial charge in [0.2, 0.25) is 17.2 Å². The normalized spacial score (nSPS) is 25.3. The molecule has 0 saturated heterocycles. The molecular formula is C18H20O5. The second-order valence-corrected chi connectivity index (χ2v) is 6.16. The number of hydrogen-bond donors (Lipinski definition) is 0. The van der Waals surface area contributed by atoms with Crippen molar-refractivity contribution >= 4 is 11.6 Å². The molecule has 0 N–H and O–H groups in total. The lowest BCUT2D eigenvalue weighted by molar-refractivity contribution is -0.245. The van der Waals surface area contributed by atoms with E-state index in [-0.39, 0.29) is 18.0 Å². The third-order valence-corrected chi connectivity index (χ3v) is 4.86. The number of ether oxygens (including phenoxy) is 3. The number of methoxy groups -OCH3 is 2. The molecule has 1 unspecified atom stereocenters. The molecule has 0 radical (unpaired) electrons. The molecule has 5 heteroatoms. The summed E-state index contributed by atoms with van der Waals surface area (Å²) in [5, 5.41) is 0. The Morgan fingerprint density at radius 3 is 2.22 bits per heavy atom. The quantitative estimate of drug-likeness (QED) is 0.785. The van der Waals surface area contributed by atoms with Crippen LogP contribution < -0.4 is 4.74 Å². The lowest BCUT2D eigenvalue weighted by Gasteiger charge is -2.44. The molecule has 122 valence electrons. The molecule has 1 atom stereocenters. The monoisotopic (exact) mass is 316 g/mol. The van der Waals surface area contributed by atoms with Gasteiger partial charge in [-0.05, 0) is 43.5 Å². The van der Waals surface area contributed by atoms with E-state index >= 15 is 0 Å². The van der Waals surface area contributed by atoms with Gasteiger partial charge in [0.05, 0.1) is 12.0 Å². The van der Waals surface area contributed by atoms with E-state index < -0.39 is 11.4 Å². The van der Waals surface area contributed by atoms with Gasteiger partial charge in [-0.1, -0.05) is 12.1 Å². The minimum atomic E-state index is -1.52. The van der Waals surface area contributed by atoms with Crippen molar-refractivity contribution in [3.8, 4) is 5.75 Å². The summed E-state index contributed by atoms with van der Waals surface area (Å²) in [7, 11) is 2.90. The van der Waals surface area contributed by atoms with E-state index in [0.29, 0.717) is 16.9 Å². The highest BCUT2D eigenvalue weighted by Crippen LogP contribution is 2.50. The lowest BCUT2D eigenvalue weighted by Crippen LogP contribution is -2.64. The second kappa shape index (κ2) is 5.01. The smallest absolute Gasteiger partial charge is 0.237 e. The number of Topliss-reactive ketones (excluding diaryl/α,β-unsaturated/α-hetero) is 2. The topological polar surface area (TPSA) is 61.8 Å². The lowest BCUT2D eigenvalue weighted by atomic mass is 9.75. The fourth-order valence-electron chi connectivity index (χ4n) is 3.47. The highest BCUT2D eigenvalue weighted by molar-refractivity contribution is 6.14. The summed E-state index contributed by atoms with van der Waals surface area (Å²) in [6.07, 6.45) is 1.44. The maximum Gasteiger partial charge on any atom is 0.237 e. The summed E-state index contributed by atoms with van der Waals surface area (Å²) in [5.41, 5.74) is 1.14. The van der Waals surface area contributed by atoms with E-state index in [2.05, 4.69) is 0 Å². The molecule has 1 aliphatic carbocycles. The molecular weight excluding hydrogens is 296 g/mol. The van der Waals surface area contributed by atoms with Crippen molar-refractivity contribution in [2.24, 2.45) is 0 Å². The summed E-state index contributed by atoms with van der Waals surface area (Å²) < 4.78 is 17.2. The molecule has 1 spiro atoms. The molecule has 1 aromatic rings. The SMILES string of the molecule is COC1(OC)C=C(C)C(=O)CC12Oc1c(C)ccc(C)c1C2=O. The number of fused-ring (bicyclic) bond motifs is 1. The van der Waals surface area contributed by atoms with E-state index in [9.17, 15) is 9.59 Å². The predicted molar refractivity (Wildman–Crippen MR) is 83.7 cm³/mol. The Labute approximate surface area is 135 Å². The number of carbonyl (C=O) groups is 2. The molecule has 1 heterocycles. The third kappa shape index (κ3) is 1.87. The highest BCUT2D eigenvalue weighted by atomic mass is 16.7. The van der Waals surface area contributed by atoms with Crippen LogP contribution >= 0.6 is 0 Å². The molecule has 0 amide bonds. The first-order valence-electron chi connectivity index (χ1n) is 7.49. The van der Waals surface area contributed by atoms with Crippen molar-refractivity contribution in [2.45, 2.75) is 38.6 Å². The van der Waals surface area contributed by atoms with Gasteiger partial charge in [-0.3, -0.25) is 9.59 Å². The van der Waals surface area contributed by atoms with Crippen molar-refractivity contribution in [3.05, 3.63) is 40.5 Å². The van der Waals surface area contributed by atoms with Gasteiger partial charge in [0.25, 0.3) is 0 Å². The van der Waals surface area contributed by atoms with Crippen LogP contribution in [0, 0.1) is 13.8 Å². The summed E-state index contributed by atoms with van der Waals surface area (Å²) in [5.74, 6) is -1.34. The Hall–Kier alpha value is -1.98. The summed E-state index contributed by atoms with van der Waals surface area (Å²) >= 11 is 0. The zero-order valence-corrected chi connectivity index (χ0v) is 14.0. The van der Waals surface area contributed by atoms with Crippen LogP contribution in [0.2, 0.25) is 0 Å². The number of hydrogen-bond acceptors (Lipinski definition) is 5. The molecule has 0 fully saturated rings. The van der Waals surface area contributed by atoms with Gasteiger partial charge in [0, 0.05) is 14.2 Å². The van der Waals surface area contributed by atoms with Crippen LogP contribution in [0.25, 0.3) is 0 Å². The average Bonchev–Trinajstić information content (AvgIpc) is 2.83. The van der Waals surface area contributed by atoms with Crippen LogP contribution in [-0.4, -0.2) is 37.2 Å². The fourth-order valence-corrected chi connectivity index (χ4v) is 3.47. The van der Waals surface area contributed by atoms with Crippen LogP contribution in [0.1, 0.15) is 34.8 Å². The number of allylic oxidation sites excluding steroid dienone is 1. The molecule has 3 rings (SSSR count). The summed E-state index contributed by atoms with van der Waals surface area (Å²) in [4.78, 5) is 25.6. The Kier molecular flexibility index (Phi) is 3.46. The van der Waals surface area contributed by atoms with Crippen LogP contribution in [-0.2, 0) is 14.3 Å². The van der Waals surface area contributed by atoms with Gasteiger partial charge >= 0.3 is 0 Å². The van der Waals surface area contributed by atoms with Crippen LogP contribution in [0.15, 0.2) is 23.8 Å². The number of benzene rings is 1. The van der Waals surface area contributed by atoms with Gasteiger partial charge < -0.3 is 14.2 Å². The molecule has 2 aliphatic rings. The van der Waals surface area contributed by atoms with E-state index in [0.717, 1.165) is 11.1 Å². The van der Waals surface area contributed by atoms with E-state index in [1.807, 2.05) is 26.0 Å². The molecule has 23 heavy (non-hydrogen) atoms. The Morgan fingerprint density at radius 2 is 1.65 bits per heavy atom. The largest absolute Gasteiger partial charge is 0.471 e. The van der Waals surface area contributed by atoms with Gasteiger partial charge in [-0.25, -0.2) is 0 Å². The zero-order chi connectivity index (χ0) is 17.0. The molecule has 1 aliphatic heterocycles. The van der Waals surface area contributed by atoms with Crippen LogP contribution in [0.4, 0.5) is 0 Å². The van der Waals surface area contributed by atoms with E-state index in [1.54, 1.807) is 13.0 Å². The van der Waals surface area contributed by atoms with Crippen molar-refractivity contribution in [1.82, 2.24) is 0 Å². The minimum Gasteiger partial charge on any atom is -0.471 e. The zero-order valence-electron chi connectivity index (χ0n) is 14.0. The Morgan fingerprint density at radius 1 is 1.04 bits per heavy atom. The van der Waals surface area contributed by atoms with Gasteiger partial charge in [0.1, 0.15) is 5.75 Å². The molecule has 0 bridgehead atoms. The van der Waals surface area contributed by atoms with Gasteiger partial charge in [0.15, 0.2) is 5.78 Å². The maximum absolute atomic E-state index is 13.3. The van der Waals surface area contributed by atoms with E-state index in [4.69, 9.17) is 14.2 Å². The number of rotatable bonds is 2. The molecule has 0 aromatic heterocycles. The minimum absolute atomic E-state index is 0.108. The molecule has 0 saturated carbocycles. The van der Waals surface area contributed by atoms with Crippen molar-refractivity contribution in [1.29, 1.82) is 0 Å². The van der Waals surface area contributed by atoms with Crippen LogP contribution in [0.5, 0.6) is 5.75 Å². The number of aryl methyl sites for hydroxylation is 2. The predicted octanol–water partition coefficient (Wildman–Crippen LogP) is 2.53. The summed E-state index contributed by atoms with van der Waals surface area (Å²) in [6, 6.07) is 3.77. The number of ketones is 2. The van der Waals surface area contributed by atoms with E-state index in [1.165, 1.54) is 14.2 Å². The first-order valence-corrected chi connectivity index (χ1v) is 7.49. The second-order valence-electron chi connectivity index (χ2n) is 6.16. The molecule has 1 aromatic carbocycles. The van der Waals surface area contributed by atoms with Crippen LogP contribution in [0.3, 0.4) is 0 Å². The summed E-state index contributed by atoms with van der Waals surface area (Å²) in [6.45, 7) is 5.41.